The Morgan fingerprint density at radius 1 is 1.40 bits per heavy atom. The molecule has 1 unspecified atom stereocenters. The Morgan fingerprint density at radius 3 is 3.00 bits per heavy atom. The lowest BCUT2D eigenvalue weighted by Crippen LogP contribution is -2.21. The van der Waals surface area contributed by atoms with E-state index in [1.807, 2.05) is 0 Å². The van der Waals surface area contributed by atoms with Gasteiger partial charge in [-0.25, -0.2) is 4.98 Å². The highest BCUT2D eigenvalue weighted by atomic mass is 35.5. The first kappa shape index (κ1) is 13.8. The number of benzene rings is 1. The lowest BCUT2D eigenvalue weighted by molar-refractivity contribution is 0.220. The van der Waals surface area contributed by atoms with Gasteiger partial charge in [0, 0.05) is 30.6 Å². The van der Waals surface area contributed by atoms with E-state index in [-0.39, 0.29) is 6.61 Å². The Hall–Kier alpha value is -1.16. The lowest BCUT2D eigenvalue weighted by atomic mass is 10.1. The quantitative estimate of drug-likeness (QED) is 0.883. The van der Waals surface area contributed by atoms with Crippen LogP contribution < -0.4 is 0 Å². The number of aromatic nitrogens is 1. The van der Waals surface area contributed by atoms with E-state index in [9.17, 15) is 5.11 Å². The third kappa shape index (κ3) is 2.80. The van der Waals surface area contributed by atoms with E-state index in [2.05, 4.69) is 41.1 Å². The fourth-order valence-corrected chi connectivity index (χ4v) is 3.06. The summed E-state index contributed by atoms with van der Waals surface area (Å²) in [5.41, 5.74) is 3.22. The zero-order valence-electron chi connectivity index (χ0n) is 11.6. The van der Waals surface area contributed by atoms with Gasteiger partial charge in [-0.1, -0.05) is 23.7 Å². The minimum atomic E-state index is 0.277. The summed E-state index contributed by atoms with van der Waals surface area (Å²) in [5, 5.41) is 10.9. The molecule has 106 valence electrons. The molecule has 1 aliphatic rings. The zero-order valence-corrected chi connectivity index (χ0v) is 12.4. The van der Waals surface area contributed by atoms with Crippen molar-refractivity contribution in [3.05, 3.63) is 40.5 Å². The smallest absolute Gasteiger partial charge is 0.134 e. The van der Waals surface area contributed by atoms with Gasteiger partial charge in [-0.3, -0.25) is 4.90 Å². The number of pyridine rings is 1. The number of aliphatic hydroxyl groups excluding tert-OH is 1. The van der Waals surface area contributed by atoms with Gasteiger partial charge in [-0.15, -0.1) is 0 Å². The monoisotopic (exact) mass is 290 g/mol. The molecule has 1 aromatic heterocycles. The van der Waals surface area contributed by atoms with Crippen LogP contribution in [0.5, 0.6) is 0 Å². The average Bonchev–Trinajstić information content (AvgIpc) is 2.87. The van der Waals surface area contributed by atoms with E-state index in [4.69, 9.17) is 11.6 Å². The molecule has 20 heavy (non-hydrogen) atoms. The standard InChI is InChI=1S/C16H19ClN2O/c1-11-2-3-13-7-14(16(17)18-15(13)6-11)9-19-5-4-12(8-19)10-20/h2-3,6-7,12,20H,4-5,8-10H2,1H3. The molecule has 3 rings (SSSR count). The first-order chi connectivity index (χ1) is 9.65. The topological polar surface area (TPSA) is 36.4 Å². The van der Waals surface area contributed by atoms with Crippen LogP contribution >= 0.6 is 11.6 Å². The van der Waals surface area contributed by atoms with Crippen LogP contribution in [-0.4, -0.2) is 34.7 Å². The number of hydrogen-bond acceptors (Lipinski definition) is 3. The molecule has 0 spiro atoms. The van der Waals surface area contributed by atoms with Crippen molar-refractivity contribution in [3.63, 3.8) is 0 Å². The average molecular weight is 291 g/mol. The molecule has 1 N–H and O–H groups in total. The number of aliphatic hydroxyl groups is 1. The number of likely N-dealkylation sites (tertiary alicyclic amines) is 1. The molecule has 2 aromatic rings. The van der Waals surface area contributed by atoms with Crippen LogP contribution in [0.2, 0.25) is 5.15 Å². The van der Waals surface area contributed by atoms with Gasteiger partial charge < -0.3 is 5.11 Å². The predicted octanol–water partition coefficient (Wildman–Crippen LogP) is 3.01. The summed E-state index contributed by atoms with van der Waals surface area (Å²) >= 11 is 6.32. The fourth-order valence-electron chi connectivity index (χ4n) is 2.85. The highest BCUT2D eigenvalue weighted by molar-refractivity contribution is 6.30. The second kappa shape index (κ2) is 5.68. The number of hydrogen-bond donors (Lipinski definition) is 1. The largest absolute Gasteiger partial charge is 0.396 e. The fraction of sp³-hybridized carbons (Fsp3) is 0.438. The van der Waals surface area contributed by atoms with E-state index >= 15 is 0 Å². The minimum absolute atomic E-state index is 0.277. The maximum atomic E-state index is 9.21. The highest BCUT2D eigenvalue weighted by Gasteiger charge is 2.22. The number of nitrogens with zero attached hydrogens (tertiary/aromatic N) is 2. The molecule has 0 saturated carbocycles. The van der Waals surface area contributed by atoms with Crippen LogP contribution in [-0.2, 0) is 6.54 Å². The summed E-state index contributed by atoms with van der Waals surface area (Å²) in [4.78, 5) is 6.84. The maximum Gasteiger partial charge on any atom is 0.134 e. The molecule has 0 aliphatic carbocycles. The van der Waals surface area contributed by atoms with E-state index in [1.165, 1.54) is 5.56 Å². The van der Waals surface area contributed by atoms with Crippen molar-refractivity contribution in [2.75, 3.05) is 19.7 Å². The molecule has 1 saturated heterocycles. The third-order valence-electron chi connectivity index (χ3n) is 4.02. The van der Waals surface area contributed by atoms with Crippen LogP contribution in [0.25, 0.3) is 10.9 Å². The molecule has 0 radical (unpaired) electrons. The SMILES string of the molecule is Cc1ccc2cc(CN3CCC(CO)C3)c(Cl)nc2c1. The van der Waals surface area contributed by atoms with Gasteiger partial charge in [-0.2, -0.15) is 0 Å². The molecule has 1 atom stereocenters. The van der Waals surface area contributed by atoms with Crippen molar-refractivity contribution in [2.24, 2.45) is 5.92 Å². The van der Waals surface area contributed by atoms with Crippen LogP contribution in [0, 0.1) is 12.8 Å². The first-order valence-electron chi connectivity index (χ1n) is 7.04. The Bertz CT molecular complexity index is 629. The summed E-state index contributed by atoms with van der Waals surface area (Å²) in [7, 11) is 0. The molecule has 1 aliphatic heterocycles. The normalized spacial score (nSPS) is 19.9. The maximum absolute atomic E-state index is 9.21. The molecule has 1 aromatic carbocycles. The molecule has 1 fully saturated rings. The number of rotatable bonds is 3. The number of halogens is 1. The van der Waals surface area contributed by atoms with Gasteiger partial charge in [0.15, 0.2) is 0 Å². The van der Waals surface area contributed by atoms with Crippen molar-refractivity contribution < 1.29 is 5.11 Å². The third-order valence-corrected chi connectivity index (χ3v) is 4.35. The van der Waals surface area contributed by atoms with E-state index in [0.717, 1.165) is 42.5 Å². The van der Waals surface area contributed by atoms with Gasteiger partial charge in [0.05, 0.1) is 5.52 Å². The second-order valence-electron chi connectivity index (χ2n) is 5.71. The van der Waals surface area contributed by atoms with E-state index in [0.29, 0.717) is 11.1 Å². The van der Waals surface area contributed by atoms with Crippen molar-refractivity contribution in [2.45, 2.75) is 19.9 Å². The van der Waals surface area contributed by atoms with Gasteiger partial charge in [0.2, 0.25) is 0 Å². The Morgan fingerprint density at radius 2 is 2.25 bits per heavy atom. The van der Waals surface area contributed by atoms with Crippen LogP contribution in [0.1, 0.15) is 17.5 Å². The summed E-state index contributed by atoms with van der Waals surface area (Å²) in [6, 6.07) is 8.39. The van der Waals surface area contributed by atoms with Crippen molar-refractivity contribution in [1.29, 1.82) is 0 Å². The van der Waals surface area contributed by atoms with Crippen LogP contribution in [0.15, 0.2) is 24.3 Å². The number of aryl methyl sites for hydroxylation is 1. The van der Waals surface area contributed by atoms with Gasteiger partial charge in [0.25, 0.3) is 0 Å². The molecular weight excluding hydrogens is 272 g/mol. The van der Waals surface area contributed by atoms with E-state index in [1.54, 1.807) is 0 Å². The Labute approximate surface area is 124 Å². The molecule has 4 heteroatoms. The summed E-state index contributed by atoms with van der Waals surface area (Å²) in [6.45, 7) is 5.11. The number of fused-ring (bicyclic) bond motifs is 1. The second-order valence-corrected chi connectivity index (χ2v) is 6.06. The zero-order chi connectivity index (χ0) is 14.1. The summed E-state index contributed by atoms with van der Waals surface area (Å²) < 4.78 is 0. The Balaban J connectivity index is 1.84. The van der Waals surface area contributed by atoms with Crippen LogP contribution in [0.3, 0.4) is 0 Å². The first-order valence-corrected chi connectivity index (χ1v) is 7.42. The highest BCUT2D eigenvalue weighted by Crippen LogP contribution is 2.25. The molecule has 0 bridgehead atoms. The van der Waals surface area contributed by atoms with E-state index < -0.39 is 0 Å². The molecule has 3 nitrogen and oxygen atoms in total. The Kier molecular flexibility index (Phi) is 3.92. The van der Waals surface area contributed by atoms with Gasteiger partial charge >= 0.3 is 0 Å². The summed E-state index contributed by atoms with van der Waals surface area (Å²) in [5.74, 6) is 0.407. The molecule has 0 amide bonds. The van der Waals surface area contributed by atoms with Crippen molar-refractivity contribution in [1.82, 2.24) is 9.88 Å². The van der Waals surface area contributed by atoms with Crippen molar-refractivity contribution >= 4 is 22.5 Å². The predicted molar refractivity (Wildman–Crippen MR) is 82.0 cm³/mol. The molecule has 2 heterocycles. The lowest BCUT2D eigenvalue weighted by Gasteiger charge is -2.16. The van der Waals surface area contributed by atoms with Gasteiger partial charge in [-0.05, 0) is 43.5 Å². The van der Waals surface area contributed by atoms with Gasteiger partial charge in [0.1, 0.15) is 5.15 Å². The van der Waals surface area contributed by atoms with Crippen LogP contribution in [0.4, 0.5) is 0 Å². The summed E-state index contributed by atoms with van der Waals surface area (Å²) in [6.07, 6.45) is 1.06. The van der Waals surface area contributed by atoms with Crippen molar-refractivity contribution in [3.8, 4) is 0 Å². The molecular formula is C16H19ClN2O. The minimum Gasteiger partial charge on any atom is -0.396 e.